The van der Waals surface area contributed by atoms with Gasteiger partial charge in [0.1, 0.15) is 6.04 Å². The lowest BCUT2D eigenvalue weighted by atomic mass is 10.1. The first-order valence-corrected chi connectivity index (χ1v) is 7.10. The zero-order chi connectivity index (χ0) is 12.5. The molecule has 3 heterocycles. The smallest absolute Gasteiger partial charge is 0.245 e. The minimum atomic E-state index is -0.192. The molecule has 1 aromatic rings. The van der Waals surface area contributed by atoms with Crippen molar-refractivity contribution in [1.82, 2.24) is 14.8 Å². The number of thiazole rings is 1. The number of aromatic nitrogens is 1. The van der Waals surface area contributed by atoms with E-state index in [9.17, 15) is 9.59 Å². The fraction of sp³-hybridized carbons (Fsp3) is 0.583. The second kappa shape index (κ2) is 4.68. The number of hydrogen-bond donors (Lipinski definition) is 0. The lowest BCUT2D eigenvalue weighted by Crippen LogP contribution is -2.57. The number of carbonyl (C=O) groups excluding carboxylic acids is 2. The van der Waals surface area contributed by atoms with E-state index in [1.54, 1.807) is 27.3 Å². The van der Waals surface area contributed by atoms with Gasteiger partial charge < -0.3 is 9.80 Å². The van der Waals surface area contributed by atoms with Crippen LogP contribution >= 0.6 is 11.3 Å². The van der Waals surface area contributed by atoms with Crippen LogP contribution in [0.4, 0.5) is 0 Å². The molecule has 0 radical (unpaired) electrons. The van der Waals surface area contributed by atoms with E-state index in [4.69, 9.17) is 0 Å². The predicted molar refractivity (Wildman–Crippen MR) is 67.1 cm³/mol. The third-order valence-corrected chi connectivity index (χ3v) is 4.41. The van der Waals surface area contributed by atoms with Gasteiger partial charge in [-0.3, -0.25) is 9.59 Å². The summed E-state index contributed by atoms with van der Waals surface area (Å²) in [5.74, 6) is 0.208. The van der Waals surface area contributed by atoms with E-state index < -0.39 is 0 Å². The standard InChI is InChI=1S/C12H15N3O2S/c16-11-8-14(6-3-10-13-4-7-18-10)12(17)9-2-1-5-15(9)11/h4,7,9H,1-3,5-6,8H2. The molecule has 0 saturated carbocycles. The van der Waals surface area contributed by atoms with E-state index in [0.29, 0.717) is 6.54 Å². The maximum Gasteiger partial charge on any atom is 0.245 e. The van der Waals surface area contributed by atoms with E-state index in [0.717, 1.165) is 30.8 Å². The van der Waals surface area contributed by atoms with E-state index in [1.165, 1.54) is 0 Å². The third-order valence-electron chi connectivity index (χ3n) is 3.58. The van der Waals surface area contributed by atoms with E-state index in [2.05, 4.69) is 4.98 Å². The van der Waals surface area contributed by atoms with Crippen LogP contribution in [0.1, 0.15) is 17.8 Å². The molecule has 1 aromatic heterocycles. The molecule has 0 aromatic carbocycles. The van der Waals surface area contributed by atoms with Crippen molar-refractivity contribution in [2.75, 3.05) is 19.6 Å². The second-order valence-corrected chi connectivity index (χ2v) is 5.66. The van der Waals surface area contributed by atoms with Crippen LogP contribution in [0.25, 0.3) is 0 Å². The Labute approximate surface area is 109 Å². The molecule has 96 valence electrons. The lowest BCUT2D eigenvalue weighted by molar-refractivity contribution is -0.153. The van der Waals surface area contributed by atoms with Gasteiger partial charge in [-0.2, -0.15) is 0 Å². The van der Waals surface area contributed by atoms with E-state index in [-0.39, 0.29) is 24.4 Å². The molecular formula is C12H15N3O2S. The topological polar surface area (TPSA) is 53.5 Å². The number of rotatable bonds is 3. The molecule has 5 nitrogen and oxygen atoms in total. The maximum absolute atomic E-state index is 12.2. The molecule has 2 aliphatic rings. The van der Waals surface area contributed by atoms with Crippen LogP contribution < -0.4 is 0 Å². The Kier molecular flexibility index (Phi) is 3.03. The van der Waals surface area contributed by atoms with Gasteiger partial charge in [-0.1, -0.05) is 0 Å². The highest BCUT2D eigenvalue weighted by Gasteiger charge is 2.41. The fourth-order valence-corrected chi connectivity index (χ4v) is 3.27. The van der Waals surface area contributed by atoms with Crippen molar-refractivity contribution in [3.8, 4) is 0 Å². The number of hydrogen-bond acceptors (Lipinski definition) is 4. The maximum atomic E-state index is 12.2. The molecule has 2 amide bonds. The number of nitrogens with zero attached hydrogens (tertiary/aromatic N) is 3. The molecule has 2 saturated heterocycles. The number of fused-ring (bicyclic) bond motifs is 1. The van der Waals surface area contributed by atoms with Crippen molar-refractivity contribution in [2.24, 2.45) is 0 Å². The molecule has 18 heavy (non-hydrogen) atoms. The first-order valence-electron chi connectivity index (χ1n) is 6.22. The monoisotopic (exact) mass is 265 g/mol. The van der Waals surface area contributed by atoms with Crippen molar-refractivity contribution in [1.29, 1.82) is 0 Å². The Balaban J connectivity index is 1.65. The summed E-state index contributed by atoms with van der Waals surface area (Å²) in [6.45, 7) is 1.58. The van der Waals surface area contributed by atoms with Gasteiger partial charge in [-0.25, -0.2) is 4.98 Å². The quantitative estimate of drug-likeness (QED) is 0.800. The normalized spacial score (nSPS) is 23.7. The van der Waals surface area contributed by atoms with E-state index >= 15 is 0 Å². The summed E-state index contributed by atoms with van der Waals surface area (Å²) in [5, 5.41) is 2.95. The Morgan fingerprint density at radius 3 is 3.11 bits per heavy atom. The molecule has 0 bridgehead atoms. The van der Waals surface area contributed by atoms with Crippen molar-refractivity contribution in [3.05, 3.63) is 16.6 Å². The fourth-order valence-electron chi connectivity index (χ4n) is 2.66. The summed E-state index contributed by atoms with van der Waals surface area (Å²) in [6, 6.07) is -0.192. The summed E-state index contributed by atoms with van der Waals surface area (Å²) in [5.41, 5.74) is 0. The minimum Gasteiger partial charge on any atom is -0.331 e. The predicted octanol–water partition coefficient (Wildman–Crippen LogP) is 0.519. The summed E-state index contributed by atoms with van der Waals surface area (Å²) in [7, 11) is 0. The average Bonchev–Trinajstić information content (AvgIpc) is 3.01. The van der Waals surface area contributed by atoms with Crippen LogP contribution in [-0.2, 0) is 16.0 Å². The molecule has 0 spiro atoms. The summed E-state index contributed by atoms with van der Waals surface area (Å²) in [6.07, 6.45) is 4.27. The largest absolute Gasteiger partial charge is 0.331 e. The third kappa shape index (κ3) is 2.01. The van der Waals surface area contributed by atoms with Gasteiger partial charge in [0.05, 0.1) is 11.6 Å². The molecule has 6 heteroatoms. The van der Waals surface area contributed by atoms with Crippen LogP contribution in [0, 0.1) is 0 Å². The van der Waals surface area contributed by atoms with Crippen LogP contribution in [0.5, 0.6) is 0 Å². The van der Waals surface area contributed by atoms with Crippen LogP contribution in [-0.4, -0.2) is 52.3 Å². The van der Waals surface area contributed by atoms with Gasteiger partial charge >= 0.3 is 0 Å². The number of carbonyl (C=O) groups is 2. The van der Waals surface area contributed by atoms with Crippen molar-refractivity contribution in [3.63, 3.8) is 0 Å². The Bertz CT molecular complexity index is 460. The molecular weight excluding hydrogens is 250 g/mol. The van der Waals surface area contributed by atoms with Gasteiger partial charge in [0.15, 0.2) is 0 Å². The SMILES string of the molecule is O=C1C2CCCN2C(=O)CN1CCc1nccs1. The molecule has 1 atom stereocenters. The molecule has 0 aliphatic carbocycles. The summed E-state index contributed by atoms with van der Waals surface area (Å²) in [4.78, 5) is 31.8. The van der Waals surface area contributed by atoms with Crippen LogP contribution in [0.2, 0.25) is 0 Å². The molecule has 2 fully saturated rings. The summed E-state index contributed by atoms with van der Waals surface area (Å²) >= 11 is 1.59. The van der Waals surface area contributed by atoms with E-state index in [1.807, 2.05) is 5.38 Å². The van der Waals surface area contributed by atoms with Gasteiger partial charge in [0, 0.05) is 31.1 Å². The zero-order valence-corrected chi connectivity index (χ0v) is 10.9. The van der Waals surface area contributed by atoms with Gasteiger partial charge in [-0.05, 0) is 12.8 Å². The Morgan fingerprint density at radius 1 is 1.44 bits per heavy atom. The lowest BCUT2D eigenvalue weighted by Gasteiger charge is -2.36. The van der Waals surface area contributed by atoms with Crippen LogP contribution in [0.15, 0.2) is 11.6 Å². The van der Waals surface area contributed by atoms with Gasteiger partial charge in [0.25, 0.3) is 0 Å². The Morgan fingerprint density at radius 2 is 2.33 bits per heavy atom. The first kappa shape index (κ1) is 11.6. The first-order chi connectivity index (χ1) is 8.75. The summed E-state index contributed by atoms with van der Waals surface area (Å²) < 4.78 is 0. The minimum absolute atomic E-state index is 0.0937. The zero-order valence-electron chi connectivity index (χ0n) is 10.0. The molecule has 3 rings (SSSR count). The average molecular weight is 265 g/mol. The molecule has 0 N–H and O–H groups in total. The highest BCUT2D eigenvalue weighted by Crippen LogP contribution is 2.23. The number of amides is 2. The van der Waals surface area contributed by atoms with Crippen molar-refractivity contribution >= 4 is 23.2 Å². The van der Waals surface area contributed by atoms with Gasteiger partial charge in [0.2, 0.25) is 11.8 Å². The number of piperazine rings is 1. The van der Waals surface area contributed by atoms with Crippen LogP contribution in [0.3, 0.4) is 0 Å². The van der Waals surface area contributed by atoms with Crippen molar-refractivity contribution in [2.45, 2.75) is 25.3 Å². The van der Waals surface area contributed by atoms with Crippen molar-refractivity contribution < 1.29 is 9.59 Å². The van der Waals surface area contributed by atoms with Gasteiger partial charge in [-0.15, -0.1) is 11.3 Å². The highest BCUT2D eigenvalue weighted by molar-refractivity contribution is 7.09. The second-order valence-electron chi connectivity index (χ2n) is 4.68. The molecule has 1 unspecified atom stereocenters. The Hall–Kier alpha value is -1.43. The highest BCUT2D eigenvalue weighted by atomic mass is 32.1. The molecule has 2 aliphatic heterocycles.